The van der Waals surface area contributed by atoms with E-state index >= 15 is 0 Å². The number of tetrazole rings is 1. The standard InChI is InChI=1S/C26H24Cl2N8O2/c27-20-9-4-10-21(23(20)28)36-25(31-32-33-36)30-12-18-8-5-11-29-24(18)35-14-19-13-34(15-22(19)35)26(37)38-16-17-6-2-1-3-7-17/h1-11,19,22H,12-16H2,(H,30,31,33)/t19-,22-/m1/s1. The fourth-order valence-electron chi connectivity index (χ4n) is 4.96. The molecule has 6 rings (SSSR count). The Morgan fingerprint density at radius 3 is 2.76 bits per heavy atom. The number of carbonyl (C=O) groups excluding carboxylic acids is 1. The Hall–Kier alpha value is -3.89. The van der Waals surface area contributed by atoms with E-state index in [1.165, 1.54) is 4.68 Å². The maximum absolute atomic E-state index is 12.7. The van der Waals surface area contributed by atoms with Crippen molar-refractivity contribution >= 4 is 41.1 Å². The lowest BCUT2D eigenvalue weighted by Gasteiger charge is -2.45. The molecule has 2 atom stereocenters. The number of nitrogens with zero attached hydrogens (tertiary/aromatic N) is 7. The van der Waals surface area contributed by atoms with Crippen LogP contribution < -0.4 is 10.2 Å². The summed E-state index contributed by atoms with van der Waals surface area (Å²) in [7, 11) is 0. The molecule has 38 heavy (non-hydrogen) atoms. The van der Waals surface area contributed by atoms with Gasteiger partial charge in [-0.3, -0.25) is 0 Å². The smallest absolute Gasteiger partial charge is 0.410 e. The molecule has 0 bridgehead atoms. The number of nitrogens with one attached hydrogen (secondary N) is 1. The summed E-state index contributed by atoms with van der Waals surface area (Å²) < 4.78 is 7.06. The van der Waals surface area contributed by atoms with E-state index in [-0.39, 0.29) is 18.7 Å². The Balaban J connectivity index is 1.11. The van der Waals surface area contributed by atoms with Crippen LogP contribution in [0.4, 0.5) is 16.6 Å². The molecular weight excluding hydrogens is 527 g/mol. The van der Waals surface area contributed by atoms with E-state index in [2.05, 4.69) is 30.7 Å². The van der Waals surface area contributed by atoms with Crippen molar-refractivity contribution in [2.45, 2.75) is 19.2 Å². The fourth-order valence-corrected chi connectivity index (χ4v) is 5.33. The molecule has 2 aliphatic rings. The zero-order valence-corrected chi connectivity index (χ0v) is 21.8. The highest BCUT2D eigenvalue weighted by molar-refractivity contribution is 6.43. The van der Waals surface area contributed by atoms with Gasteiger partial charge in [-0.15, -0.1) is 0 Å². The number of rotatable bonds is 7. The van der Waals surface area contributed by atoms with E-state index < -0.39 is 0 Å². The molecule has 12 heteroatoms. The molecule has 0 unspecified atom stereocenters. The number of carbonyl (C=O) groups is 1. The van der Waals surface area contributed by atoms with Crippen LogP contribution in [-0.4, -0.2) is 61.9 Å². The second-order valence-corrected chi connectivity index (χ2v) is 10.0. The monoisotopic (exact) mass is 550 g/mol. The van der Waals surface area contributed by atoms with Crippen LogP contribution in [0.1, 0.15) is 11.1 Å². The van der Waals surface area contributed by atoms with Crippen LogP contribution in [-0.2, 0) is 17.9 Å². The van der Waals surface area contributed by atoms with E-state index in [1.54, 1.807) is 29.3 Å². The number of aromatic nitrogens is 5. The molecule has 1 amide bonds. The topological polar surface area (TPSA) is 101 Å². The van der Waals surface area contributed by atoms with Crippen LogP contribution in [0, 0.1) is 5.92 Å². The van der Waals surface area contributed by atoms with Crippen LogP contribution in [0.2, 0.25) is 10.0 Å². The van der Waals surface area contributed by atoms with Crippen molar-refractivity contribution in [2.24, 2.45) is 5.92 Å². The summed E-state index contributed by atoms with van der Waals surface area (Å²) in [5.74, 6) is 1.69. The minimum Gasteiger partial charge on any atom is -0.445 e. The summed E-state index contributed by atoms with van der Waals surface area (Å²) in [5, 5.41) is 16.0. The predicted molar refractivity (Wildman–Crippen MR) is 144 cm³/mol. The van der Waals surface area contributed by atoms with Gasteiger partial charge in [-0.2, -0.15) is 4.68 Å². The van der Waals surface area contributed by atoms with Gasteiger partial charge in [-0.05, 0) is 34.2 Å². The minimum absolute atomic E-state index is 0.198. The van der Waals surface area contributed by atoms with Crippen molar-refractivity contribution in [1.29, 1.82) is 0 Å². The average molecular weight is 551 g/mol. The van der Waals surface area contributed by atoms with Gasteiger partial charge >= 0.3 is 6.09 Å². The van der Waals surface area contributed by atoms with Crippen LogP contribution in [0.15, 0.2) is 66.9 Å². The first-order valence-corrected chi connectivity index (χ1v) is 13.0. The molecule has 1 N–H and O–H groups in total. The van der Waals surface area contributed by atoms with E-state index in [4.69, 9.17) is 27.9 Å². The largest absolute Gasteiger partial charge is 0.445 e. The van der Waals surface area contributed by atoms with Gasteiger partial charge in [0.05, 0.1) is 21.8 Å². The lowest BCUT2D eigenvalue weighted by Crippen LogP contribution is -2.56. The Morgan fingerprint density at radius 2 is 1.89 bits per heavy atom. The Labute approximate surface area is 229 Å². The molecule has 4 heterocycles. The van der Waals surface area contributed by atoms with Crippen LogP contribution in [0.25, 0.3) is 5.69 Å². The zero-order valence-electron chi connectivity index (χ0n) is 20.2. The molecule has 0 spiro atoms. The van der Waals surface area contributed by atoms with Crippen molar-refractivity contribution in [3.8, 4) is 5.69 Å². The molecule has 194 valence electrons. The number of pyridine rings is 1. The Kier molecular flexibility index (Phi) is 6.73. The highest BCUT2D eigenvalue weighted by Gasteiger charge is 2.48. The SMILES string of the molecule is O=C(OCc1ccccc1)N1C[C@@H]2CN(c3ncccc3CNc3nnnn3-c3cccc(Cl)c3Cl)[C@@H]2C1. The number of likely N-dealkylation sites (tertiary alicyclic amines) is 1. The summed E-state index contributed by atoms with van der Waals surface area (Å²) >= 11 is 12.5. The van der Waals surface area contributed by atoms with Crippen molar-refractivity contribution in [3.05, 3.63) is 88.0 Å². The number of hydrogen-bond acceptors (Lipinski definition) is 8. The van der Waals surface area contributed by atoms with Gasteiger partial charge in [-0.25, -0.2) is 9.78 Å². The maximum atomic E-state index is 12.7. The molecule has 2 aromatic heterocycles. The van der Waals surface area contributed by atoms with Crippen LogP contribution >= 0.6 is 23.2 Å². The first kappa shape index (κ1) is 24.4. The van der Waals surface area contributed by atoms with Crippen LogP contribution in [0.3, 0.4) is 0 Å². The van der Waals surface area contributed by atoms with Crippen molar-refractivity contribution in [1.82, 2.24) is 30.1 Å². The molecule has 2 aliphatic heterocycles. The highest BCUT2D eigenvalue weighted by Crippen LogP contribution is 2.37. The summed E-state index contributed by atoms with van der Waals surface area (Å²) in [6.45, 7) is 2.83. The Bertz CT molecular complexity index is 1450. The lowest BCUT2D eigenvalue weighted by atomic mass is 9.91. The second kappa shape index (κ2) is 10.5. The van der Waals surface area contributed by atoms with E-state index in [9.17, 15) is 4.79 Å². The van der Waals surface area contributed by atoms with Gasteiger partial charge in [0.25, 0.3) is 0 Å². The molecule has 2 saturated heterocycles. The van der Waals surface area contributed by atoms with Gasteiger partial charge in [0, 0.05) is 43.9 Å². The summed E-state index contributed by atoms with van der Waals surface area (Å²) in [5.41, 5.74) is 2.54. The van der Waals surface area contributed by atoms with Gasteiger partial charge in [0.1, 0.15) is 12.4 Å². The number of amides is 1. The number of anilines is 2. The average Bonchev–Trinajstić information content (AvgIpc) is 3.53. The first-order chi connectivity index (χ1) is 18.6. The van der Waals surface area contributed by atoms with Crippen LogP contribution in [0.5, 0.6) is 0 Å². The quantitative estimate of drug-likeness (QED) is 0.360. The summed E-state index contributed by atoms with van der Waals surface area (Å²) in [6.07, 6.45) is 1.50. The number of hydrogen-bond donors (Lipinski definition) is 1. The third-order valence-electron chi connectivity index (χ3n) is 6.91. The first-order valence-electron chi connectivity index (χ1n) is 12.2. The maximum Gasteiger partial charge on any atom is 0.410 e. The molecule has 0 saturated carbocycles. The molecule has 0 radical (unpaired) electrons. The number of ether oxygens (including phenoxy) is 1. The number of halogens is 2. The normalized spacial score (nSPS) is 18.2. The molecule has 0 aliphatic carbocycles. The molecule has 2 fully saturated rings. The molecule has 10 nitrogen and oxygen atoms in total. The lowest BCUT2D eigenvalue weighted by molar-refractivity contribution is 0.103. The number of benzene rings is 2. The van der Waals surface area contributed by atoms with Gasteiger partial charge in [-0.1, -0.05) is 70.8 Å². The summed E-state index contributed by atoms with van der Waals surface area (Å²) in [6, 6.07) is 19.1. The van der Waals surface area contributed by atoms with Crippen molar-refractivity contribution in [2.75, 3.05) is 29.9 Å². The van der Waals surface area contributed by atoms with E-state index in [0.29, 0.717) is 47.2 Å². The molecular formula is C26H24Cl2N8O2. The minimum atomic E-state index is -0.280. The fraction of sp³-hybridized carbons (Fsp3) is 0.269. The third kappa shape index (κ3) is 4.72. The molecule has 4 aromatic rings. The van der Waals surface area contributed by atoms with E-state index in [1.807, 2.05) is 42.5 Å². The zero-order chi connectivity index (χ0) is 26.1. The van der Waals surface area contributed by atoms with E-state index in [0.717, 1.165) is 23.5 Å². The van der Waals surface area contributed by atoms with Crippen molar-refractivity contribution < 1.29 is 9.53 Å². The second-order valence-electron chi connectivity index (χ2n) is 9.25. The molecule has 2 aromatic carbocycles. The predicted octanol–water partition coefficient (Wildman–Crippen LogP) is 4.43. The number of fused-ring (bicyclic) bond motifs is 1. The summed E-state index contributed by atoms with van der Waals surface area (Å²) in [4.78, 5) is 21.4. The van der Waals surface area contributed by atoms with Crippen molar-refractivity contribution in [3.63, 3.8) is 0 Å². The highest BCUT2D eigenvalue weighted by atomic mass is 35.5. The van der Waals surface area contributed by atoms with Gasteiger partial charge in [0.2, 0.25) is 5.95 Å². The van der Waals surface area contributed by atoms with Gasteiger partial charge in [0.15, 0.2) is 0 Å². The van der Waals surface area contributed by atoms with Gasteiger partial charge < -0.3 is 19.9 Å². The Morgan fingerprint density at radius 1 is 1.03 bits per heavy atom. The third-order valence-corrected chi connectivity index (χ3v) is 7.72.